The molecule has 9 heteroatoms. The van der Waals surface area contributed by atoms with Crippen LogP contribution in [0.4, 0.5) is 0 Å². The first kappa shape index (κ1) is 16.6. The van der Waals surface area contributed by atoms with Gasteiger partial charge in [-0.15, -0.1) is 0 Å². The molecule has 0 spiro atoms. The van der Waals surface area contributed by atoms with Crippen molar-refractivity contribution in [1.82, 2.24) is 9.78 Å². The van der Waals surface area contributed by atoms with Gasteiger partial charge in [-0.3, -0.25) is 4.68 Å². The molecule has 1 aromatic carbocycles. The number of hydrogen-bond donors (Lipinski definition) is 0. The van der Waals surface area contributed by atoms with Gasteiger partial charge in [-0.25, -0.2) is 8.42 Å². The Labute approximate surface area is 140 Å². The van der Waals surface area contributed by atoms with E-state index in [1.807, 2.05) is 6.92 Å². The van der Waals surface area contributed by atoms with Crippen molar-refractivity contribution in [2.45, 2.75) is 18.4 Å². The number of rotatable bonds is 4. The van der Waals surface area contributed by atoms with Crippen LogP contribution in [0.5, 0.6) is 5.75 Å². The fourth-order valence-electron chi connectivity index (χ4n) is 1.73. The summed E-state index contributed by atoms with van der Waals surface area (Å²) >= 11 is 9.44. The first-order valence-electron chi connectivity index (χ1n) is 5.75. The van der Waals surface area contributed by atoms with E-state index in [0.717, 1.165) is 15.9 Å². The van der Waals surface area contributed by atoms with Crippen LogP contribution in [-0.2, 0) is 22.7 Å². The van der Waals surface area contributed by atoms with Gasteiger partial charge in [-0.2, -0.15) is 5.10 Å². The third-order valence-electron chi connectivity index (χ3n) is 2.81. The molecule has 0 N–H and O–H groups in total. The topological polar surface area (TPSA) is 61.2 Å². The summed E-state index contributed by atoms with van der Waals surface area (Å²) in [5.41, 5.74) is 1.70. The minimum absolute atomic E-state index is 0.0703. The zero-order valence-electron chi connectivity index (χ0n) is 11.1. The number of hydrogen-bond acceptors (Lipinski definition) is 4. The summed E-state index contributed by atoms with van der Waals surface area (Å²) < 4.78 is 30.6. The van der Waals surface area contributed by atoms with Gasteiger partial charge >= 0.3 is 0 Å². The van der Waals surface area contributed by atoms with Crippen LogP contribution in [0.1, 0.15) is 11.4 Å². The molecule has 0 fully saturated rings. The molecular formula is C12H11BrCl2N2O3S. The molecule has 1 heterocycles. The average molecular weight is 414 g/mol. The first-order valence-corrected chi connectivity index (χ1v) is 9.23. The molecule has 0 amide bonds. The molecule has 5 nitrogen and oxygen atoms in total. The molecule has 0 saturated carbocycles. The van der Waals surface area contributed by atoms with E-state index in [4.69, 9.17) is 27.0 Å². The number of halogens is 3. The molecule has 0 atom stereocenters. The Balaban J connectivity index is 2.21. The zero-order chi connectivity index (χ0) is 15.8. The summed E-state index contributed by atoms with van der Waals surface area (Å²) in [6, 6.07) is 4.06. The number of aromatic nitrogens is 2. The third-order valence-corrected chi connectivity index (χ3v) is 5.49. The fourth-order valence-corrected chi connectivity index (χ4v) is 3.26. The monoisotopic (exact) mass is 412 g/mol. The summed E-state index contributed by atoms with van der Waals surface area (Å²) in [7, 11) is 3.25. The second kappa shape index (κ2) is 6.16. The van der Waals surface area contributed by atoms with Crippen LogP contribution in [0.3, 0.4) is 0 Å². The zero-order valence-corrected chi connectivity index (χ0v) is 15.0. The van der Waals surface area contributed by atoms with Gasteiger partial charge in [0.2, 0.25) is 0 Å². The standard InChI is InChI=1S/C12H11BrCl2N2O3S/c1-7-12(13)10(17(2)16-7)6-20-11-4-3-8(5-9(11)14)21(15,18)19/h3-5H,6H2,1-2H3. The highest BCUT2D eigenvalue weighted by atomic mass is 79.9. The van der Waals surface area contributed by atoms with E-state index in [1.165, 1.54) is 18.2 Å². The molecule has 21 heavy (non-hydrogen) atoms. The van der Waals surface area contributed by atoms with Gasteiger partial charge in [-0.05, 0) is 41.1 Å². The van der Waals surface area contributed by atoms with Crippen molar-refractivity contribution in [3.05, 3.63) is 39.1 Å². The van der Waals surface area contributed by atoms with Gasteiger partial charge in [0.25, 0.3) is 9.05 Å². The summed E-state index contributed by atoms with van der Waals surface area (Å²) in [6.45, 7) is 2.12. The van der Waals surface area contributed by atoms with Crippen molar-refractivity contribution < 1.29 is 13.2 Å². The molecule has 0 bridgehead atoms. The molecule has 1 aromatic heterocycles. The van der Waals surface area contributed by atoms with Crippen LogP contribution in [0, 0.1) is 6.92 Å². The Morgan fingerprint density at radius 1 is 1.43 bits per heavy atom. The van der Waals surface area contributed by atoms with Crippen molar-refractivity contribution in [1.29, 1.82) is 0 Å². The van der Waals surface area contributed by atoms with Crippen molar-refractivity contribution >= 4 is 47.3 Å². The van der Waals surface area contributed by atoms with Crippen LogP contribution in [-0.4, -0.2) is 18.2 Å². The van der Waals surface area contributed by atoms with E-state index in [1.54, 1.807) is 11.7 Å². The minimum Gasteiger partial charge on any atom is -0.486 e. The molecule has 2 rings (SSSR count). The first-order chi connectivity index (χ1) is 9.70. The summed E-state index contributed by atoms with van der Waals surface area (Å²) in [5.74, 6) is 0.367. The Morgan fingerprint density at radius 3 is 2.57 bits per heavy atom. The highest BCUT2D eigenvalue weighted by molar-refractivity contribution is 9.10. The Bertz CT molecular complexity index is 790. The molecule has 0 radical (unpaired) electrons. The van der Waals surface area contributed by atoms with Gasteiger partial charge in [0.15, 0.2) is 0 Å². The average Bonchev–Trinajstić information content (AvgIpc) is 2.61. The van der Waals surface area contributed by atoms with E-state index in [9.17, 15) is 8.42 Å². The Hall–Kier alpha value is -0.760. The Morgan fingerprint density at radius 2 is 2.10 bits per heavy atom. The number of aryl methyl sites for hydroxylation is 2. The van der Waals surface area contributed by atoms with Crippen LogP contribution in [0.25, 0.3) is 0 Å². The highest BCUT2D eigenvalue weighted by Crippen LogP contribution is 2.30. The smallest absolute Gasteiger partial charge is 0.261 e. The van der Waals surface area contributed by atoms with Crippen molar-refractivity contribution in [2.75, 3.05) is 0 Å². The second-order valence-corrected chi connectivity index (χ2v) is 8.05. The number of ether oxygens (including phenoxy) is 1. The van der Waals surface area contributed by atoms with Gasteiger partial charge in [0, 0.05) is 17.7 Å². The number of benzene rings is 1. The van der Waals surface area contributed by atoms with Crippen molar-refractivity contribution in [3.63, 3.8) is 0 Å². The van der Waals surface area contributed by atoms with E-state index in [2.05, 4.69) is 21.0 Å². The van der Waals surface area contributed by atoms with E-state index in [0.29, 0.717) is 5.75 Å². The lowest BCUT2D eigenvalue weighted by Gasteiger charge is -2.09. The minimum atomic E-state index is -3.81. The van der Waals surface area contributed by atoms with Crippen LogP contribution in [0.15, 0.2) is 27.6 Å². The van der Waals surface area contributed by atoms with Gasteiger partial charge in [0.1, 0.15) is 12.4 Å². The molecule has 0 aliphatic rings. The molecule has 2 aromatic rings. The molecule has 0 saturated heterocycles. The van der Waals surface area contributed by atoms with Crippen LogP contribution in [0.2, 0.25) is 5.02 Å². The van der Waals surface area contributed by atoms with Gasteiger partial charge in [0.05, 0.1) is 25.8 Å². The SMILES string of the molecule is Cc1nn(C)c(COc2ccc(S(=O)(=O)Cl)cc2Cl)c1Br. The molecule has 0 unspecified atom stereocenters. The predicted molar refractivity (Wildman–Crippen MR) is 84.5 cm³/mol. The maximum atomic E-state index is 11.2. The second-order valence-electron chi connectivity index (χ2n) is 4.29. The summed E-state index contributed by atoms with van der Waals surface area (Å²) in [6.07, 6.45) is 0. The van der Waals surface area contributed by atoms with E-state index >= 15 is 0 Å². The largest absolute Gasteiger partial charge is 0.486 e. The number of nitrogens with zero attached hydrogens (tertiary/aromatic N) is 2. The molecule has 0 aliphatic heterocycles. The normalized spacial score (nSPS) is 11.7. The maximum absolute atomic E-state index is 11.2. The lowest BCUT2D eigenvalue weighted by molar-refractivity contribution is 0.294. The quantitative estimate of drug-likeness (QED) is 0.717. The van der Waals surface area contributed by atoms with E-state index < -0.39 is 9.05 Å². The Kier molecular flexibility index (Phi) is 4.87. The van der Waals surface area contributed by atoms with Crippen molar-refractivity contribution in [2.24, 2.45) is 7.05 Å². The molecular weight excluding hydrogens is 403 g/mol. The summed E-state index contributed by atoms with van der Waals surface area (Å²) in [5, 5.41) is 4.42. The molecule has 0 aliphatic carbocycles. The fraction of sp³-hybridized carbons (Fsp3) is 0.250. The van der Waals surface area contributed by atoms with E-state index in [-0.39, 0.29) is 16.5 Å². The lowest BCUT2D eigenvalue weighted by atomic mass is 10.3. The van der Waals surface area contributed by atoms with Gasteiger partial charge in [-0.1, -0.05) is 11.6 Å². The molecule has 114 valence electrons. The third kappa shape index (κ3) is 3.71. The summed E-state index contributed by atoms with van der Waals surface area (Å²) in [4.78, 5) is -0.0703. The van der Waals surface area contributed by atoms with Gasteiger partial charge < -0.3 is 4.74 Å². The lowest BCUT2D eigenvalue weighted by Crippen LogP contribution is -2.04. The highest BCUT2D eigenvalue weighted by Gasteiger charge is 2.15. The van der Waals surface area contributed by atoms with Crippen LogP contribution < -0.4 is 4.74 Å². The van der Waals surface area contributed by atoms with Crippen molar-refractivity contribution in [3.8, 4) is 5.75 Å². The maximum Gasteiger partial charge on any atom is 0.261 e. The predicted octanol–water partition coefficient (Wildman–Crippen LogP) is 3.65. The van der Waals surface area contributed by atoms with Crippen LogP contribution >= 0.6 is 38.2 Å².